The molecule has 4 heteroatoms. The molecule has 80 valence electrons. The molecule has 0 aromatic heterocycles. The third kappa shape index (κ3) is 2.80. The van der Waals surface area contributed by atoms with Gasteiger partial charge in [-0.3, -0.25) is 0 Å². The van der Waals surface area contributed by atoms with Crippen LogP contribution >= 0.6 is 0 Å². The van der Waals surface area contributed by atoms with Gasteiger partial charge >= 0.3 is 5.97 Å². The van der Waals surface area contributed by atoms with Crippen molar-refractivity contribution in [1.82, 2.24) is 4.90 Å². The van der Waals surface area contributed by atoms with Gasteiger partial charge in [0.1, 0.15) is 0 Å². The first-order chi connectivity index (χ1) is 6.65. The normalized spacial score (nSPS) is 23.0. The van der Waals surface area contributed by atoms with Crippen LogP contribution in [-0.4, -0.2) is 35.6 Å². The molecule has 1 aliphatic heterocycles. The molecule has 0 bridgehead atoms. The summed E-state index contributed by atoms with van der Waals surface area (Å²) in [6, 6.07) is 0. The van der Waals surface area contributed by atoms with E-state index in [9.17, 15) is 9.18 Å². The van der Waals surface area contributed by atoms with Crippen molar-refractivity contribution in [3.63, 3.8) is 0 Å². The fraction of sp³-hybridized carbons (Fsp3) is 0.700. The number of likely N-dealkylation sites (tertiary alicyclic amines) is 1. The Morgan fingerprint density at radius 1 is 1.50 bits per heavy atom. The topological polar surface area (TPSA) is 40.5 Å². The van der Waals surface area contributed by atoms with E-state index in [1.807, 2.05) is 0 Å². The second-order valence-electron chi connectivity index (χ2n) is 3.51. The first-order valence-electron chi connectivity index (χ1n) is 4.98. The van der Waals surface area contributed by atoms with E-state index in [1.165, 1.54) is 0 Å². The molecular formula is C10H16FNO2. The maximum Gasteiger partial charge on any atom is 0.364 e. The lowest BCUT2D eigenvalue weighted by Gasteiger charge is -2.15. The Kier molecular flexibility index (Phi) is 4.07. The number of carboxylic acids is 1. The lowest BCUT2D eigenvalue weighted by Crippen LogP contribution is -2.23. The summed E-state index contributed by atoms with van der Waals surface area (Å²) in [6.07, 6.45) is 1.98. The van der Waals surface area contributed by atoms with Gasteiger partial charge in [-0.05, 0) is 37.9 Å². The molecule has 0 amide bonds. The number of rotatable bonds is 2. The SMILES string of the molecule is CCN1CCCC(=C(F)C(=O)O)CC1. The van der Waals surface area contributed by atoms with Gasteiger partial charge in [-0.1, -0.05) is 6.92 Å². The van der Waals surface area contributed by atoms with Crippen LogP contribution < -0.4 is 0 Å². The number of halogens is 1. The van der Waals surface area contributed by atoms with E-state index in [1.54, 1.807) is 0 Å². The second kappa shape index (κ2) is 5.10. The molecule has 0 unspecified atom stereocenters. The van der Waals surface area contributed by atoms with Crippen LogP contribution in [0.25, 0.3) is 0 Å². The third-order valence-corrected chi connectivity index (χ3v) is 2.63. The van der Waals surface area contributed by atoms with Crippen molar-refractivity contribution in [2.24, 2.45) is 0 Å². The van der Waals surface area contributed by atoms with Crippen molar-refractivity contribution in [2.45, 2.75) is 26.2 Å². The maximum atomic E-state index is 13.1. The van der Waals surface area contributed by atoms with E-state index in [2.05, 4.69) is 11.8 Å². The van der Waals surface area contributed by atoms with E-state index in [0.29, 0.717) is 18.4 Å². The zero-order valence-corrected chi connectivity index (χ0v) is 8.42. The molecule has 0 spiro atoms. The Morgan fingerprint density at radius 2 is 2.21 bits per heavy atom. The third-order valence-electron chi connectivity index (χ3n) is 2.63. The average molecular weight is 201 g/mol. The summed E-state index contributed by atoms with van der Waals surface area (Å²) in [5, 5.41) is 8.50. The molecule has 1 saturated heterocycles. The summed E-state index contributed by atoms with van der Waals surface area (Å²) in [5.41, 5.74) is 0.466. The lowest BCUT2D eigenvalue weighted by atomic mass is 10.1. The Bertz CT molecular complexity index is 251. The molecule has 1 N–H and O–H groups in total. The largest absolute Gasteiger partial charge is 0.476 e. The van der Waals surface area contributed by atoms with Crippen molar-refractivity contribution in [3.8, 4) is 0 Å². The van der Waals surface area contributed by atoms with E-state index >= 15 is 0 Å². The van der Waals surface area contributed by atoms with E-state index in [4.69, 9.17) is 5.11 Å². The number of nitrogens with zero attached hydrogens (tertiary/aromatic N) is 1. The second-order valence-corrected chi connectivity index (χ2v) is 3.51. The van der Waals surface area contributed by atoms with Crippen LogP contribution in [-0.2, 0) is 4.79 Å². The molecular weight excluding hydrogens is 185 g/mol. The van der Waals surface area contributed by atoms with Gasteiger partial charge in [-0.2, -0.15) is 4.39 Å². The highest BCUT2D eigenvalue weighted by atomic mass is 19.1. The van der Waals surface area contributed by atoms with Crippen molar-refractivity contribution in [1.29, 1.82) is 0 Å². The van der Waals surface area contributed by atoms with Crippen LogP contribution in [0.2, 0.25) is 0 Å². The Hall–Kier alpha value is -0.900. The van der Waals surface area contributed by atoms with Crippen LogP contribution in [0.3, 0.4) is 0 Å². The van der Waals surface area contributed by atoms with Crippen molar-refractivity contribution in [2.75, 3.05) is 19.6 Å². The monoisotopic (exact) mass is 201 g/mol. The first kappa shape index (κ1) is 11.2. The minimum atomic E-state index is -1.43. The van der Waals surface area contributed by atoms with Gasteiger partial charge in [0.05, 0.1) is 0 Å². The maximum absolute atomic E-state index is 13.1. The number of carbonyl (C=O) groups is 1. The summed E-state index contributed by atoms with van der Waals surface area (Å²) in [5.74, 6) is -2.37. The summed E-state index contributed by atoms with van der Waals surface area (Å²) < 4.78 is 13.1. The fourth-order valence-electron chi connectivity index (χ4n) is 1.73. The molecule has 0 aromatic carbocycles. The molecule has 1 rings (SSSR count). The first-order valence-corrected chi connectivity index (χ1v) is 4.98. The minimum Gasteiger partial charge on any atom is -0.476 e. The quantitative estimate of drug-likeness (QED) is 0.692. The highest BCUT2D eigenvalue weighted by Crippen LogP contribution is 2.20. The zero-order chi connectivity index (χ0) is 10.6. The predicted octanol–water partition coefficient (Wildman–Crippen LogP) is 1.80. The number of aliphatic carboxylic acids is 1. The number of hydrogen-bond acceptors (Lipinski definition) is 2. The van der Waals surface area contributed by atoms with Gasteiger partial charge in [0, 0.05) is 6.54 Å². The van der Waals surface area contributed by atoms with Gasteiger partial charge < -0.3 is 10.0 Å². The van der Waals surface area contributed by atoms with Crippen LogP contribution in [0, 0.1) is 0 Å². The smallest absolute Gasteiger partial charge is 0.364 e. The van der Waals surface area contributed by atoms with Crippen molar-refractivity contribution < 1.29 is 14.3 Å². The molecule has 0 aliphatic carbocycles. The van der Waals surface area contributed by atoms with Gasteiger partial charge in [0.2, 0.25) is 5.83 Å². The van der Waals surface area contributed by atoms with Gasteiger partial charge in [0.25, 0.3) is 0 Å². The lowest BCUT2D eigenvalue weighted by molar-refractivity contribution is -0.134. The Labute approximate surface area is 83.2 Å². The fourth-order valence-corrected chi connectivity index (χ4v) is 1.73. The van der Waals surface area contributed by atoms with E-state index in [-0.39, 0.29) is 0 Å². The summed E-state index contributed by atoms with van der Waals surface area (Å²) in [4.78, 5) is 12.6. The number of carboxylic acid groups (broad SMARTS) is 1. The van der Waals surface area contributed by atoms with Crippen LogP contribution in [0.15, 0.2) is 11.4 Å². The van der Waals surface area contributed by atoms with Crippen LogP contribution in [0.1, 0.15) is 26.2 Å². The Balaban J connectivity index is 2.66. The average Bonchev–Trinajstić information content (AvgIpc) is 2.41. The predicted molar refractivity (Wildman–Crippen MR) is 51.7 cm³/mol. The molecule has 0 radical (unpaired) electrons. The standard InChI is InChI=1S/C10H16FNO2/c1-2-12-6-3-4-8(5-7-12)9(11)10(13)14/h2-7H2,1H3,(H,13,14). The summed E-state index contributed by atoms with van der Waals surface area (Å²) >= 11 is 0. The van der Waals surface area contributed by atoms with Crippen molar-refractivity contribution >= 4 is 5.97 Å². The van der Waals surface area contributed by atoms with Gasteiger partial charge in [-0.15, -0.1) is 0 Å². The minimum absolute atomic E-state index is 0.466. The molecule has 1 aliphatic rings. The highest BCUT2D eigenvalue weighted by Gasteiger charge is 2.17. The zero-order valence-electron chi connectivity index (χ0n) is 8.42. The van der Waals surface area contributed by atoms with Gasteiger partial charge in [-0.25, -0.2) is 4.79 Å². The molecule has 0 saturated carbocycles. The Morgan fingerprint density at radius 3 is 2.79 bits per heavy atom. The van der Waals surface area contributed by atoms with Gasteiger partial charge in [0.15, 0.2) is 0 Å². The summed E-state index contributed by atoms with van der Waals surface area (Å²) in [7, 11) is 0. The molecule has 14 heavy (non-hydrogen) atoms. The summed E-state index contributed by atoms with van der Waals surface area (Å²) in [6.45, 7) is 4.71. The molecule has 0 atom stereocenters. The number of hydrogen-bond donors (Lipinski definition) is 1. The van der Waals surface area contributed by atoms with E-state index < -0.39 is 11.8 Å². The highest BCUT2D eigenvalue weighted by molar-refractivity contribution is 5.84. The molecule has 0 aromatic rings. The van der Waals surface area contributed by atoms with Crippen LogP contribution in [0.5, 0.6) is 0 Å². The van der Waals surface area contributed by atoms with Crippen molar-refractivity contribution in [3.05, 3.63) is 11.4 Å². The van der Waals surface area contributed by atoms with E-state index in [0.717, 1.165) is 26.1 Å². The van der Waals surface area contributed by atoms with Crippen LogP contribution in [0.4, 0.5) is 4.39 Å². The molecule has 1 fully saturated rings. The molecule has 3 nitrogen and oxygen atoms in total. The molecule has 1 heterocycles.